The van der Waals surface area contributed by atoms with Crippen molar-refractivity contribution in [2.24, 2.45) is 7.05 Å². The van der Waals surface area contributed by atoms with Gasteiger partial charge < -0.3 is 10.2 Å². The molecule has 2 bridgehead atoms. The van der Waals surface area contributed by atoms with E-state index in [2.05, 4.69) is 22.2 Å². The van der Waals surface area contributed by atoms with Crippen LogP contribution in [0.25, 0.3) is 0 Å². The van der Waals surface area contributed by atoms with Crippen molar-refractivity contribution >= 4 is 5.91 Å². The second kappa shape index (κ2) is 5.20. The number of rotatable bonds is 3. The van der Waals surface area contributed by atoms with E-state index < -0.39 is 0 Å². The van der Waals surface area contributed by atoms with Crippen LogP contribution in [0.1, 0.15) is 48.7 Å². The van der Waals surface area contributed by atoms with E-state index in [1.807, 2.05) is 14.0 Å². The third-order valence-corrected chi connectivity index (χ3v) is 4.96. The molecule has 1 N–H and O–H groups in total. The van der Waals surface area contributed by atoms with Gasteiger partial charge in [0.2, 0.25) is 0 Å². The first-order chi connectivity index (χ1) is 9.60. The lowest BCUT2D eigenvalue weighted by Gasteiger charge is -2.37. The van der Waals surface area contributed by atoms with Crippen LogP contribution in [0.15, 0.2) is 6.20 Å². The van der Waals surface area contributed by atoms with Crippen LogP contribution in [0.2, 0.25) is 0 Å². The predicted molar refractivity (Wildman–Crippen MR) is 77.6 cm³/mol. The molecule has 20 heavy (non-hydrogen) atoms. The molecule has 2 atom stereocenters. The van der Waals surface area contributed by atoms with Crippen molar-refractivity contribution in [3.05, 3.63) is 17.5 Å². The van der Waals surface area contributed by atoms with Gasteiger partial charge in [0, 0.05) is 37.4 Å². The lowest BCUT2D eigenvalue weighted by Crippen LogP contribution is -2.50. The van der Waals surface area contributed by atoms with Crippen LogP contribution in [0, 0.1) is 6.92 Å². The van der Waals surface area contributed by atoms with Crippen LogP contribution in [-0.2, 0) is 7.05 Å². The van der Waals surface area contributed by atoms with Gasteiger partial charge in [-0.2, -0.15) is 5.10 Å². The highest BCUT2D eigenvalue weighted by Crippen LogP contribution is 2.30. The van der Waals surface area contributed by atoms with Crippen LogP contribution in [0.3, 0.4) is 0 Å². The molecule has 1 amide bonds. The van der Waals surface area contributed by atoms with Crippen molar-refractivity contribution in [1.29, 1.82) is 0 Å². The maximum absolute atomic E-state index is 12.8. The fraction of sp³-hybridized carbons (Fsp3) is 0.733. The summed E-state index contributed by atoms with van der Waals surface area (Å²) in [4.78, 5) is 14.8. The van der Waals surface area contributed by atoms with Gasteiger partial charge in [-0.1, -0.05) is 0 Å². The molecule has 3 rings (SSSR count). The molecule has 1 aromatic rings. The smallest absolute Gasteiger partial charge is 0.257 e. The van der Waals surface area contributed by atoms with Crippen molar-refractivity contribution in [2.45, 2.75) is 57.7 Å². The average molecular weight is 276 g/mol. The van der Waals surface area contributed by atoms with E-state index in [1.165, 1.54) is 12.8 Å². The van der Waals surface area contributed by atoms with Crippen molar-refractivity contribution in [2.75, 3.05) is 6.54 Å². The summed E-state index contributed by atoms with van der Waals surface area (Å²) < 4.78 is 1.77. The van der Waals surface area contributed by atoms with Crippen molar-refractivity contribution in [1.82, 2.24) is 20.0 Å². The average Bonchev–Trinajstić information content (AvgIpc) is 2.94. The summed E-state index contributed by atoms with van der Waals surface area (Å²) in [7, 11) is 1.88. The van der Waals surface area contributed by atoms with Crippen LogP contribution in [-0.4, -0.2) is 45.3 Å². The Bertz CT molecular complexity index is 498. The third kappa shape index (κ3) is 2.24. The fourth-order valence-electron chi connectivity index (χ4n) is 3.71. The lowest BCUT2D eigenvalue weighted by atomic mass is 9.97. The van der Waals surface area contributed by atoms with Crippen LogP contribution < -0.4 is 5.32 Å². The van der Waals surface area contributed by atoms with Crippen molar-refractivity contribution in [3.8, 4) is 0 Å². The molecule has 2 saturated heterocycles. The predicted octanol–water partition coefficient (Wildman–Crippen LogP) is 1.47. The minimum absolute atomic E-state index is 0.143. The Labute approximate surface area is 120 Å². The summed E-state index contributed by atoms with van der Waals surface area (Å²) in [6, 6.07) is 1.59. The molecule has 110 valence electrons. The summed E-state index contributed by atoms with van der Waals surface area (Å²) in [5.74, 6) is 0.143. The van der Waals surface area contributed by atoms with E-state index in [-0.39, 0.29) is 5.91 Å². The number of aryl methyl sites for hydroxylation is 1. The van der Waals surface area contributed by atoms with Crippen LogP contribution in [0.4, 0.5) is 0 Å². The maximum atomic E-state index is 12.8. The second-order valence-electron chi connectivity index (χ2n) is 6.12. The number of carbonyl (C=O) groups excluding carboxylic acids is 1. The summed E-state index contributed by atoms with van der Waals surface area (Å²) in [5.41, 5.74) is 1.70. The van der Waals surface area contributed by atoms with Crippen molar-refractivity contribution in [3.63, 3.8) is 0 Å². The molecular weight excluding hydrogens is 252 g/mol. The highest BCUT2D eigenvalue weighted by Gasteiger charge is 2.37. The topological polar surface area (TPSA) is 50.2 Å². The molecule has 0 aliphatic carbocycles. The maximum Gasteiger partial charge on any atom is 0.257 e. The Morgan fingerprint density at radius 3 is 2.60 bits per heavy atom. The number of nitrogens with one attached hydrogen (secondary N) is 1. The molecule has 0 radical (unpaired) electrons. The summed E-state index contributed by atoms with van der Waals surface area (Å²) >= 11 is 0. The zero-order valence-electron chi connectivity index (χ0n) is 12.6. The monoisotopic (exact) mass is 276 g/mol. The molecular formula is C15H24N4O. The summed E-state index contributed by atoms with van der Waals surface area (Å²) in [6.07, 6.45) is 6.42. The molecule has 2 fully saturated rings. The Morgan fingerprint density at radius 1 is 1.45 bits per heavy atom. The zero-order chi connectivity index (χ0) is 14.3. The molecule has 0 spiro atoms. The molecule has 5 heteroatoms. The van der Waals surface area contributed by atoms with Gasteiger partial charge in [0.1, 0.15) is 0 Å². The molecule has 3 heterocycles. The number of nitrogens with zero attached hydrogens (tertiary/aromatic N) is 3. The van der Waals surface area contributed by atoms with Crippen molar-refractivity contribution < 1.29 is 4.79 Å². The first kappa shape index (κ1) is 13.6. The van der Waals surface area contributed by atoms with Gasteiger partial charge in [-0.3, -0.25) is 9.48 Å². The molecule has 2 aliphatic heterocycles. The quantitative estimate of drug-likeness (QED) is 0.909. The largest absolute Gasteiger partial charge is 0.336 e. The van der Waals surface area contributed by atoms with Gasteiger partial charge in [-0.15, -0.1) is 0 Å². The molecule has 5 nitrogen and oxygen atoms in total. The number of carbonyl (C=O) groups is 1. The van der Waals surface area contributed by atoms with E-state index in [4.69, 9.17) is 0 Å². The second-order valence-corrected chi connectivity index (χ2v) is 6.12. The number of hydrogen-bond donors (Lipinski definition) is 1. The van der Waals surface area contributed by atoms with Gasteiger partial charge >= 0.3 is 0 Å². The normalized spacial score (nSPS) is 28.6. The summed E-state index contributed by atoms with van der Waals surface area (Å²) in [6.45, 7) is 4.81. The number of amides is 1. The van der Waals surface area contributed by atoms with Crippen LogP contribution in [0.5, 0.6) is 0 Å². The van der Waals surface area contributed by atoms with E-state index in [0.717, 1.165) is 30.6 Å². The van der Waals surface area contributed by atoms with Crippen LogP contribution >= 0.6 is 0 Å². The Hall–Kier alpha value is -1.36. The SMILES string of the molecule is CCN(C(=O)c1cnn(C)c1C)C1CC2CCC(C1)N2. The van der Waals surface area contributed by atoms with E-state index in [0.29, 0.717) is 18.1 Å². The molecule has 1 aromatic heterocycles. The van der Waals surface area contributed by atoms with Gasteiger partial charge in [0.15, 0.2) is 0 Å². The number of piperidine rings is 1. The Kier molecular flexibility index (Phi) is 3.54. The van der Waals surface area contributed by atoms with E-state index in [9.17, 15) is 4.79 Å². The standard InChI is InChI=1S/C15H24N4O/c1-4-19(13-7-11-5-6-12(8-13)17-11)15(20)14-9-16-18(3)10(14)2/h9,11-13,17H,4-8H2,1-3H3. The van der Waals surface area contributed by atoms with Gasteiger partial charge in [0.25, 0.3) is 5.91 Å². The van der Waals surface area contributed by atoms with E-state index in [1.54, 1.807) is 10.9 Å². The van der Waals surface area contributed by atoms with E-state index >= 15 is 0 Å². The van der Waals surface area contributed by atoms with Gasteiger partial charge in [-0.25, -0.2) is 0 Å². The fourth-order valence-corrected chi connectivity index (χ4v) is 3.71. The number of hydrogen-bond acceptors (Lipinski definition) is 3. The molecule has 2 unspecified atom stereocenters. The highest BCUT2D eigenvalue weighted by atomic mass is 16.2. The highest BCUT2D eigenvalue weighted by molar-refractivity contribution is 5.95. The summed E-state index contributed by atoms with van der Waals surface area (Å²) in [5, 5.41) is 7.84. The Balaban J connectivity index is 1.79. The third-order valence-electron chi connectivity index (χ3n) is 4.96. The number of fused-ring (bicyclic) bond motifs is 2. The zero-order valence-corrected chi connectivity index (χ0v) is 12.6. The lowest BCUT2D eigenvalue weighted by molar-refractivity contribution is 0.0630. The minimum Gasteiger partial charge on any atom is -0.336 e. The first-order valence-corrected chi connectivity index (χ1v) is 7.65. The van der Waals surface area contributed by atoms with Gasteiger partial charge in [-0.05, 0) is 39.5 Å². The minimum atomic E-state index is 0.143. The number of aromatic nitrogens is 2. The molecule has 0 saturated carbocycles. The Morgan fingerprint density at radius 2 is 2.10 bits per heavy atom. The van der Waals surface area contributed by atoms with Gasteiger partial charge in [0.05, 0.1) is 11.8 Å². The first-order valence-electron chi connectivity index (χ1n) is 7.65. The molecule has 2 aliphatic rings. The molecule has 0 aromatic carbocycles.